The molecule has 0 saturated carbocycles. The average Bonchev–Trinajstić information content (AvgIpc) is 2.69. The van der Waals surface area contributed by atoms with Crippen LogP contribution in [0.15, 0.2) is 24.4 Å². The number of methoxy groups -OCH3 is 1. The lowest BCUT2D eigenvalue weighted by Crippen LogP contribution is -2.02. The summed E-state index contributed by atoms with van der Waals surface area (Å²) in [6, 6.07) is 4.71. The maximum absolute atomic E-state index is 13.2. The standard InChI is InChI=1S/C13H16FN3O/c1-9-10(8-16-17(9)2)7-15-11-4-5-12(14)13(6-11)18-3/h4-6,8,15H,7H2,1-3H3. The lowest BCUT2D eigenvalue weighted by atomic mass is 10.2. The van der Waals surface area contributed by atoms with Gasteiger partial charge in [-0.1, -0.05) is 0 Å². The van der Waals surface area contributed by atoms with Gasteiger partial charge in [-0.3, -0.25) is 4.68 Å². The van der Waals surface area contributed by atoms with Crippen LogP contribution in [-0.2, 0) is 13.6 Å². The van der Waals surface area contributed by atoms with E-state index in [2.05, 4.69) is 10.4 Å². The summed E-state index contributed by atoms with van der Waals surface area (Å²) >= 11 is 0. The van der Waals surface area contributed by atoms with Gasteiger partial charge in [0.1, 0.15) is 0 Å². The van der Waals surface area contributed by atoms with Crippen LogP contribution in [0.5, 0.6) is 5.75 Å². The molecular weight excluding hydrogens is 233 g/mol. The number of hydrogen-bond donors (Lipinski definition) is 1. The lowest BCUT2D eigenvalue weighted by molar-refractivity contribution is 0.387. The minimum absolute atomic E-state index is 0.239. The minimum Gasteiger partial charge on any atom is -0.494 e. The highest BCUT2D eigenvalue weighted by Gasteiger charge is 2.05. The predicted molar refractivity (Wildman–Crippen MR) is 68.2 cm³/mol. The van der Waals surface area contributed by atoms with E-state index in [1.165, 1.54) is 13.2 Å². The molecular formula is C13H16FN3O. The Morgan fingerprint density at radius 3 is 2.83 bits per heavy atom. The first-order chi connectivity index (χ1) is 8.61. The maximum atomic E-state index is 13.2. The van der Waals surface area contributed by atoms with Gasteiger partial charge in [0, 0.05) is 36.6 Å². The normalized spacial score (nSPS) is 10.4. The summed E-state index contributed by atoms with van der Waals surface area (Å²) in [5, 5.41) is 7.39. The number of nitrogens with one attached hydrogen (secondary N) is 1. The molecule has 0 amide bonds. The van der Waals surface area contributed by atoms with Crippen LogP contribution in [0.4, 0.5) is 10.1 Å². The Kier molecular flexibility index (Phi) is 3.50. The van der Waals surface area contributed by atoms with Crippen molar-refractivity contribution in [1.82, 2.24) is 9.78 Å². The molecule has 0 unspecified atom stereocenters. The summed E-state index contributed by atoms with van der Waals surface area (Å²) in [6.07, 6.45) is 1.82. The monoisotopic (exact) mass is 249 g/mol. The molecule has 2 aromatic rings. The molecule has 0 radical (unpaired) electrons. The second kappa shape index (κ2) is 5.08. The van der Waals surface area contributed by atoms with E-state index in [0.717, 1.165) is 16.9 Å². The Morgan fingerprint density at radius 2 is 2.22 bits per heavy atom. The van der Waals surface area contributed by atoms with Crippen LogP contribution < -0.4 is 10.1 Å². The summed E-state index contributed by atoms with van der Waals surface area (Å²) in [5.74, 6) is -0.122. The molecule has 0 saturated heterocycles. The highest BCUT2D eigenvalue weighted by Crippen LogP contribution is 2.22. The minimum atomic E-state index is -0.361. The van der Waals surface area contributed by atoms with Gasteiger partial charge < -0.3 is 10.1 Å². The Morgan fingerprint density at radius 1 is 1.44 bits per heavy atom. The van der Waals surface area contributed by atoms with Crippen LogP contribution in [0.3, 0.4) is 0 Å². The molecule has 0 aliphatic rings. The van der Waals surface area contributed by atoms with Crippen molar-refractivity contribution in [3.63, 3.8) is 0 Å². The number of halogens is 1. The molecule has 96 valence electrons. The Hall–Kier alpha value is -2.04. The van der Waals surface area contributed by atoms with Gasteiger partial charge in [0.15, 0.2) is 11.6 Å². The molecule has 1 aromatic carbocycles. The van der Waals surface area contributed by atoms with E-state index in [-0.39, 0.29) is 11.6 Å². The molecule has 1 N–H and O–H groups in total. The van der Waals surface area contributed by atoms with Gasteiger partial charge in [0.2, 0.25) is 0 Å². The zero-order valence-electron chi connectivity index (χ0n) is 10.7. The third-order valence-corrected chi connectivity index (χ3v) is 2.97. The fraction of sp³-hybridized carbons (Fsp3) is 0.308. The van der Waals surface area contributed by atoms with Crippen molar-refractivity contribution in [2.24, 2.45) is 7.05 Å². The third-order valence-electron chi connectivity index (χ3n) is 2.97. The maximum Gasteiger partial charge on any atom is 0.165 e. The van der Waals surface area contributed by atoms with E-state index >= 15 is 0 Å². The number of aromatic nitrogens is 2. The smallest absolute Gasteiger partial charge is 0.165 e. The van der Waals surface area contributed by atoms with Crippen molar-refractivity contribution in [1.29, 1.82) is 0 Å². The molecule has 0 spiro atoms. The Bertz CT molecular complexity index is 551. The summed E-state index contributed by atoms with van der Waals surface area (Å²) in [7, 11) is 3.35. The van der Waals surface area contributed by atoms with Crippen LogP contribution in [-0.4, -0.2) is 16.9 Å². The third kappa shape index (κ3) is 2.45. The number of hydrogen-bond acceptors (Lipinski definition) is 3. The number of nitrogens with zero attached hydrogens (tertiary/aromatic N) is 2. The van der Waals surface area contributed by atoms with E-state index in [0.29, 0.717) is 6.54 Å². The summed E-state index contributed by atoms with van der Waals surface area (Å²) in [4.78, 5) is 0. The lowest BCUT2D eigenvalue weighted by Gasteiger charge is -2.08. The van der Waals surface area contributed by atoms with E-state index in [1.54, 1.807) is 12.1 Å². The van der Waals surface area contributed by atoms with Gasteiger partial charge in [-0.05, 0) is 19.1 Å². The predicted octanol–water partition coefficient (Wildman–Crippen LogP) is 2.49. The van der Waals surface area contributed by atoms with E-state index in [4.69, 9.17) is 4.74 Å². The van der Waals surface area contributed by atoms with Gasteiger partial charge >= 0.3 is 0 Å². The highest BCUT2D eigenvalue weighted by molar-refractivity contribution is 5.49. The number of rotatable bonds is 4. The molecule has 0 bridgehead atoms. The van der Waals surface area contributed by atoms with Gasteiger partial charge in [0.25, 0.3) is 0 Å². The van der Waals surface area contributed by atoms with Crippen LogP contribution >= 0.6 is 0 Å². The van der Waals surface area contributed by atoms with Crippen molar-refractivity contribution in [2.45, 2.75) is 13.5 Å². The van der Waals surface area contributed by atoms with Crippen LogP contribution in [0, 0.1) is 12.7 Å². The highest BCUT2D eigenvalue weighted by atomic mass is 19.1. The van der Waals surface area contributed by atoms with Crippen molar-refractivity contribution in [2.75, 3.05) is 12.4 Å². The van der Waals surface area contributed by atoms with E-state index < -0.39 is 0 Å². The average molecular weight is 249 g/mol. The molecule has 2 rings (SSSR count). The second-order valence-corrected chi connectivity index (χ2v) is 4.08. The largest absolute Gasteiger partial charge is 0.494 e. The van der Waals surface area contributed by atoms with Crippen molar-refractivity contribution < 1.29 is 9.13 Å². The van der Waals surface area contributed by atoms with Crippen LogP contribution in [0.2, 0.25) is 0 Å². The zero-order valence-corrected chi connectivity index (χ0v) is 10.7. The molecule has 0 fully saturated rings. The fourth-order valence-electron chi connectivity index (χ4n) is 1.68. The second-order valence-electron chi connectivity index (χ2n) is 4.08. The number of aryl methyl sites for hydroxylation is 1. The Labute approximate surface area is 105 Å². The quantitative estimate of drug-likeness (QED) is 0.904. The molecule has 0 aliphatic carbocycles. The SMILES string of the molecule is COc1cc(NCc2cnn(C)c2C)ccc1F. The molecule has 18 heavy (non-hydrogen) atoms. The van der Waals surface area contributed by atoms with E-state index in [1.807, 2.05) is 24.9 Å². The van der Waals surface area contributed by atoms with Crippen LogP contribution in [0.25, 0.3) is 0 Å². The zero-order chi connectivity index (χ0) is 13.1. The van der Waals surface area contributed by atoms with Gasteiger partial charge in [-0.25, -0.2) is 4.39 Å². The first kappa shape index (κ1) is 12.4. The molecule has 0 aliphatic heterocycles. The summed E-state index contributed by atoms with van der Waals surface area (Å²) in [5.41, 5.74) is 3.04. The Balaban J connectivity index is 2.08. The van der Waals surface area contributed by atoms with E-state index in [9.17, 15) is 4.39 Å². The van der Waals surface area contributed by atoms with Crippen molar-refractivity contribution in [3.8, 4) is 5.75 Å². The number of ether oxygens (including phenoxy) is 1. The van der Waals surface area contributed by atoms with Gasteiger partial charge in [-0.2, -0.15) is 5.10 Å². The first-order valence-corrected chi connectivity index (χ1v) is 5.66. The van der Waals surface area contributed by atoms with Crippen LogP contribution in [0.1, 0.15) is 11.3 Å². The molecule has 5 heteroatoms. The first-order valence-electron chi connectivity index (χ1n) is 5.66. The molecule has 1 aromatic heterocycles. The topological polar surface area (TPSA) is 39.1 Å². The summed E-state index contributed by atoms with van der Waals surface area (Å²) < 4.78 is 20.0. The molecule has 0 atom stereocenters. The number of anilines is 1. The fourth-order valence-corrected chi connectivity index (χ4v) is 1.68. The van der Waals surface area contributed by atoms with Gasteiger partial charge in [0.05, 0.1) is 13.3 Å². The van der Waals surface area contributed by atoms with Crippen molar-refractivity contribution >= 4 is 5.69 Å². The molecule has 4 nitrogen and oxygen atoms in total. The van der Waals surface area contributed by atoms with Gasteiger partial charge in [-0.15, -0.1) is 0 Å². The summed E-state index contributed by atoms with van der Waals surface area (Å²) in [6.45, 7) is 2.66. The molecule has 1 heterocycles. The number of benzene rings is 1. The van der Waals surface area contributed by atoms with Crippen molar-refractivity contribution in [3.05, 3.63) is 41.5 Å².